The molecule has 1 aliphatic carbocycles. The average Bonchev–Trinajstić information content (AvgIpc) is 3.17. The van der Waals surface area contributed by atoms with Crippen LogP contribution in [0.1, 0.15) is 56.7 Å². The van der Waals surface area contributed by atoms with Crippen molar-refractivity contribution in [2.45, 2.75) is 63.1 Å². The molecule has 1 amide bonds. The lowest BCUT2D eigenvalue weighted by atomic mass is 9.89. The summed E-state index contributed by atoms with van der Waals surface area (Å²) in [4.78, 5) is 28.4. The Morgan fingerprint density at radius 2 is 1.97 bits per heavy atom. The largest absolute Gasteiger partial charge is 0.458 e. The monoisotopic (exact) mass is 403 g/mol. The summed E-state index contributed by atoms with van der Waals surface area (Å²) in [6, 6.07) is 3.65. The van der Waals surface area contributed by atoms with E-state index in [9.17, 15) is 9.59 Å². The number of pyridine rings is 1. The van der Waals surface area contributed by atoms with Crippen LogP contribution in [-0.2, 0) is 25.6 Å². The van der Waals surface area contributed by atoms with Crippen molar-refractivity contribution >= 4 is 18.0 Å². The van der Waals surface area contributed by atoms with Gasteiger partial charge in [0.2, 0.25) is 0 Å². The van der Waals surface area contributed by atoms with Crippen molar-refractivity contribution in [1.82, 2.24) is 15.8 Å². The first kappa shape index (κ1) is 21.4. The number of nitrogens with zero attached hydrogens (tertiary/aromatic N) is 1. The first-order valence-corrected chi connectivity index (χ1v) is 10.1. The predicted octanol–water partition coefficient (Wildman–Crippen LogP) is 2.11. The molecule has 1 aromatic rings. The number of hydrogen-bond donors (Lipinski definition) is 3. The minimum atomic E-state index is -0.748. The maximum atomic E-state index is 13.1. The maximum Gasteiger partial charge on any atom is 0.327 e. The van der Waals surface area contributed by atoms with Gasteiger partial charge in [-0.25, -0.2) is 5.48 Å². The molecule has 1 saturated carbocycles. The number of rotatable bonds is 7. The van der Waals surface area contributed by atoms with Gasteiger partial charge in [-0.05, 0) is 63.2 Å². The molecule has 8 nitrogen and oxygen atoms in total. The van der Waals surface area contributed by atoms with Gasteiger partial charge in [0.05, 0.1) is 5.69 Å². The highest BCUT2D eigenvalue weighted by molar-refractivity contribution is 5.90. The van der Waals surface area contributed by atoms with Crippen molar-refractivity contribution in [2.24, 2.45) is 0 Å². The van der Waals surface area contributed by atoms with E-state index in [1.165, 1.54) is 17.6 Å². The van der Waals surface area contributed by atoms with Gasteiger partial charge < -0.3 is 9.47 Å². The summed E-state index contributed by atoms with van der Waals surface area (Å²) in [5.74, 6) is -0.804. The molecule has 3 rings (SSSR count). The Kier molecular flexibility index (Phi) is 7.00. The van der Waals surface area contributed by atoms with Crippen LogP contribution in [0.2, 0.25) is 0 Å². The number of ether oxygens (including phenoxy) is 2. The van der Waals surface area contributed by atoms with E-state index in [0.29, 0.717) is 38.3 Å². The zero-order valence-corrected chi connectivity index (χ0v) is 16.8. The molecule has 2 fully saturated rings. The minimum Gasteiger partial charge on any atom is -0.458 e. The standard InChI is InChI=1S/C21H29N3O5/c1-20(8-2-3-9-20)29-19(26)21(10-12-28-13-11-21)23-15-16-4-5-17(22-14-16)6-7-18(25)24-27/h4-7,14,23,27H,2-3,8-13,15H2,1H3,(H,24,25). The first-order chi connectivity index (χ1) is 13.9. The van der Waals surface area contributed by atoms with Crippen LogP contribution in [0.25, 0.3) is 6.08 Å². The van der Waals surface area contributed by atoms with Crippen LogP contribution < -0.4 is 10.8 Å². The van der Waals surface area contributed by atoms with E-state index in [0.717, 1.165) is 31.2 Å². The number of aromatic nitrogens is 1. The van der Waals surface area contributed by atoms with Gasteiger partial charge in [0.25, 0.3) is 5.91 Å². The summed E-state index contributed by atoms with van der Waals surface area (Å²) in [7, 11) is 0. The summed E-state index contributed by atoms with van der Waals surface area (Å²) < 4.78 is 11.4. The van der Waals surface area contributed by atoms with Crippen molar-refractivity contribution in [2.75, 3.05) is 13.2 Å². The number of hydroxylamine groups is 1. The van der Waals surface area contributed by atoms with Crippen LogP contribution in [0, 0.1) is 0 Å². The predicted molar refractivity (Wildman–Crippen MR) is 106 cm³/mol. The number of nitrogens with one attached hydrogen (secondary N) is 2. The van der Waals surface area contributed by atoms with Crippen LogP contribution >= 0.6 is 0 Å². The molecule has 1 saturated heterocycles. The number of carbonyl (C=O) groups excluding carboxylic acids is 2. The van der Waals surface area contributed by atoms with Gasteiger partial charge in [0.15, 0.2) is 0 Å². The first-order valence-electron chi connectivity index (χ1n) is 10.1. The SMILES string of the molecule is CC1(OC(=O)C2(NCc3ccc(C=CC(=O)NO)nc3)CCOCC2)CCCC1. The smallest absolute Gasteiger partial charge is 0.327 e. The second-order valence-electron chi connectivity index (χ2n) is 8.00. The van der Waals surface area contributed by atoms with Crippen molar-refractivity contribution in [3.8, 4) is 0 Å². The van der Waals surface area contributed by atoms with Crippen molar-refractivity contribution < 1.29 is 24.3 Å². The topological polar surface area (TPSA) is 110 Å². The summed E-state index contributed by atoms with van der Waals surface area (Å²) in [6.07, 6.45) is 9.56. The molecular weight excluding hydrogens is 374 g/mol. The fraction of sp³-hybridized carbons (Fsp3) is 0.571. The minimum absolute atomic E-state index is 0.187. The zero-order valence-electron chi connectivity index (χ0n) is 16.8. The molecule has 2 aliphatic rings. The second-order valence-corrected chi connectivity index (χ2v) is 8.00. The van der Waals surface area contributed by atoms with Crippen LogP contribution in [0.3, 0.4) is 0 Å². The number of carbonyl (C=O) groups is 2. The Labute approximate surface area is 170 Å². The molecule has 0 radical (unpaired) electrons. The molecular formula is C21H29N3O5. The number of amides is 1. The molecule has 8 heteroatoms. The lowest BCUT2D eigenvalue weighted by Crippen LogP contribution is -2.57. The van der Waals surface area contributed by atoms with Crippen LogP contribution in [0.5, 0.6) is 0 Å². The summed E-state index contributed by atoms with van der Waals surface area (Å²) in [5, 5.41) is 11.9. The average molecular weight is 403 g/mol. The highest BCUT2D eigenvalue weighted by Crippen LogP contribution is 2.35. The highest BCUT2D eigenvalue weighted by atomic mass is 16.6. The van der Waals surface area contributed by atoms with E-state index < -0.39 is 11.4 Å². The third-order valence-corrected chi connectivity index (χ3v) is 5.73. The Balaban J connectivity index is 1.63. The van der Waals surface area contributed by atoms with Crippen LogP contribution in [-0.4, -0.2) is 46.4 Å². The normalized spacial score (nSPS) is 20.5. The second kappa shape index (κ2) is 9.47. The van der Waals surface area contributed by atoms with E-state index >= 15 is 0 Å². The molecule has 0 unspecified atom stereocenters. The third kappa shape index (κ3) is 5.62. The van der Waals surface area contributed by atoms with Crippen LogP contribution in [0.4, 0.5) is 0 Å². The van der Waals surface area contributed by atoms with Crippen molar-refractivity contribution in [3.63, 3.8) is 0 Å². The van der Waals surface area contributed by atoms with E-state index in [1.807, 2.05) is 13.0 Å². The van der Waals surface area contributed by atoms with Gasteiger partial charge in [0, 0.05) is 32.0 Å². The summed E-state index contributed by atoms with van der Waals surface area (Å²) in [6.45, 7) is 3.54. The van der Waals surface area contributed by atoms with E-state index in [-0.39, 0.29) is 11.6 Å². The molecule has 3 N–H and O–H groups in total. The Morgan fingerprint density at radius 1 is 1.24 bits per heavy atom. The molecule has 0 aromatic carbocycles. The summed E-state index contributed by atoms with van der Waals surface area (Å²) >= 11 is 0. The van der Waals surface area contributed by atoms with Gasteiger partial charge in [-0.2, -0.15) is 0 Å². The van der Waals surface area contributed by atoms with Gasteiger partial charge in [0.1, 0.15) is 11.1 Å². The quantitative estimate of drug-likeness (QED) is 0.277. The lowest BCUT2D eigenvalue weighted by molar-refractivity contribution is -0.170. The maximum absolute atomic E-state index is 13.1. The molecule has 0 atom stereocenters. The molecule has 1 aliphatic heterocycles. The number of esters is 1. The fourth-order valence-corrected chi connectivity index (χ4v) is 3.83. The van der Waals surface area contributed by atoms with Gasteiger partial charge in [-0.15, -0.1) is 0 Å². The summed E-state index contributed by atoms with van der Waals surface area (Å²) in [5.41, 5.74) is 1.93. The third-order valence-electron chi connectivity index (χ3n) is 5.73. The molecule has 2 heterocycles. The Bertz CT molecular complexity index is 735. The van der Waals surface area contributed by atoms with E-state index in [4.69, 9.17) is 14.7 Å². The van der Waals surface area contributed by atoms with Crippen LogP contribution in [0.15, 0.2) is 24.4 Å². The van der Waals surface area contributed by atoms with Gasteiger partial charge in [-0.1, -0.05) is 6.07 Å². The van der Waals surface area contributed by atoms with E-state index in [1.54, 1.807) is 12.3 Å². The lowest BCUT2D eigenvalue weighted by Gasteiger charge is -2.38. The van der Waals surface area contributed by atoms with Gasteiger partial charge in [-0.3, -0.25) is 25.1 Å². The molecule has 158 valence electrons. The Morgan fingerprint density at radius 3 is 2.59 bits per heavy atom. The molecule has 0 bridgehead atoms. The fourth-order valence-electron chi connectivity index (χ4n) is 3.83. The molecule has 0 spiro atoms. The zero-order chi connectivity index (χ0) is 20.7. The van der Waals surface area contributed by atoms with Crippen molar-refractivity contribution in [3.05, 3.63) is 35.7 Å². The van der Waals surface area contributed by atoms with Crippen molar-refractivity contribution in [1.29, 1.82) is 0 Å². The highest BCUT2D eigenvalue weighted by Gasteiger charge is 2.44. The Hall–Kier alpha value is -2.29. The molecule has 1 aromatic heterocycles. The number of hydrogen-bond acceptors (Lipinski definition) is 7. The molecule has 29 heavy (non-hydrogen) atoms. The van der Waals surface area contributed by atoms with E-state index in [2.05, 4.69) is 10.3 Å². The van der Waals surface area contributed by atoms with Gasteiger partial charge >= 0.3 is 5.97 Å².